The molecule has 4 nitrogen and oxygen atoms in total. The van der Waals surface area contributed by atoms with Gasteiger partial charge in [-0.15, -0.1) is 0 Å². The highest BCUT2D eigenvalue weighted by Crippen LogP contribution is 2.29. The lowest BCUT2D eigenvalue weighted by atomic mass is 10.2. The van der Waals surface area contributed by atoms with Gasteiger partial charge in [0.25, 0.3) is 0 Å². The Hall–Kier alpha value is -1.39. The van der Waals surface area contributed by atoms with E-state index in [2.05, 4.69) is 29.2 Å². The van der Waals surface area contributed by atoms with Gasteiger partial charge < -0.3 is 5.73 Å². The SMILES string of the molecule is Cn1nc(CN(CCCN)C2CC2)c2ccccc21. The van der Waals surface area contributed by atoms with Crippen LogP contribution in [-0.4, -0.2) is 33.8 Å². The number of nitrogens with two attached hydrogens (primary N) is 1. The molecule has 0 atom stereocenters. The Morgan fingerprint density at radius 1 is 1.37 bits per heavy atom. The third-order valence-electron chi connectivity index (χ3n) is 3.90. The fourth-order valence-corrected chi connectivity index (χ4v) is 2.72. The fraction of sp³-hybridized carbons (Fsp3) is 0.533. The van der Waals surface area contributed by atoms with Crippen molar-refractivity contribution in [2.45, 2.75) is 31.8 Å². The molecule has 0 aliphatic heterocycles. The van der Waals surface area contributed by atoms with Crippen molar-refractivity contribution in [1.29, 1.82) is 0 Å². The molecule has 1 heterocycles. The summed E-state index contributed by atoms with van der Waals surface area (Å²) in [6, 6.07) is 9.22. The van der Waals surface area contributed by atoms with Gasteiger partial charge >= 0.3 is 0 Å². The lowest BCUT2D eigenvalue weighted by Crippen LogP contribution is -2.28. The standard InChI is InChI=1S/C15H22N4/c1-18-15-6-3-2-5-13(15)14(17-18)11-19(10-4-9-16)12-7-8-12/h2-3,5-6,12H,4,7-11,16H2,1H3. The average molecular weight is 258 g/mol. The van der Waals surface area contributed by atoms with Crippen molar-refractivity contribution in [1.82, 2.24) is 14.7 Å². The quantitative estimate of drug-likeness (QED) is 0.860. The summed E-state index contributed by atoms with van der Waals surface area (Å²) in [6.45, 7) is 2.81. The van der Waals surface area contributed by atoms with E-state index < -0.39 is 0 Å². The fourth-order valence-electron chi connectivity index (χ4n) is 2.72. The van der Waals surface area contributed by atoms with Crippen LogP contribution >= 0.6 is 0 Å². The molecule has 19 heavy (non-hydrogen) atoms. The Bertz CT molecular complexity index is 556. The van der Waals surface area contributed by atoms with Gasteiger partial charge in [0.2, 0.25) is 0 Å². The van der Waals surface area contributed by atoms with Crippen LogP contribution in [0.25, 0.3) is 10.9 Å². The molecular formula is C15H22N4. The van der Waals surface area contributed by atoms with Crippen LogP contribution in [0.2, 0.25) is 0 Å². The van der Waals surface area contributed by atoms with Crippen LogP contribution in [0.4, 0.5) is 0 Å². The van der Waals surface area contributed by atoms with Crippen molar-refractivity contribution < 1.29 is 0 Å². The largest absolute Gasteiger partial charge is 0.330 e. The molecule has 1 fully saturated rings. The first-order valence-corrected chi connectivity index (χ1v) is 7.14. The zero-order valence-corrected chi connectivity index (χ0v) is 11.5. The molecule has 2 aromatic rings. The Kier molecular flexibility index (Phi) is 3.53. The molecule has 0 amide bonds. The molecule has 1 aliphatic carbocycles. The second kappa shape index (κ2) is 5.31. The van der Waals surface area contributed by atoms with Crippen molar-refractivity contribution in [2.24, 2.45) is 12.8 Å². The number of nitrogens with zero attached hydrogens (tertiary/aromatic N) is 3. The Morgan fingerprint density at radius 3 is 2.89 bits per heavy atom. The van der Waals surface area contributed by atoms with Gasteiger partial charge in [0.1, 0.15) is 0 Å². The summed E-state index contributed by atoms with van der Waals surface area (Å²) >= 11 is 0. The number of hydrogen-bond donors (Lipinski definition) is 1. The first kappa shape index (κ1) is 12.6. The summed E-state index contributed by atoms with van der Waals surface area (Å²) < 4.78 is 1.98. The molecule has 0 unspecified atom stereocenters. The van der Waals surface area contributed by atoms with Crippen molar-refractivity contribution in [3.8, 4) is 0 Å². The predicted octanol–water partition coefficient (Wildman–Crippen LogP) is 1.89. The maximum Gasteiger partial charge on any atom is 0.0843 e. The Balaban J connectivity index is 1.83. The van der Waals surface area contributed by atoms with E-state index >= 15 is 0 Å². The molecule has 1 saturated carbocycles. The first-order valence-electron chi connectivity index (χ1n) is 7.14. The molecule has 4 heteroatoms. The molecule has 1 aliphatic rings. The van der Waals surface area contributed by atoms with Gasteiger partial charge in [0.05, 0.1) is 11.2 Å². The highest BCUT2D eigenvalue weighted by atomic mass is 15.3. The molecule has 0 spiro atoms. The number of fused-ring (bicyclic) bond motifs is 1. The van der Waals surface area contributed by atoms with Crippen LogP contribution in [0.5, 0.6) is 0 Å². The number of aryl methyl sites for hydroxylation is 1. The minimum absolute atomic E-state index is 0.757. The number of rotatable bonds is 6. The zero-order valence-electron chi connectivity index (χ0n) is 11.5. The predicted molar refractivity (Wildman–Crippen MR) is 77.8 cm³/mol. The second-order valence-corrected chi connectivity index (χ2v) is 5.43. The van der Waals surface area contributed by atoms with Gasteiger partial charge in [-0.1, -0.05) is 18.2 Å². The van der Waals surface area contributed by atoms with E-state index in [0.717, 1.165) is 32.1 Å². The van der Waals surface area contributed by atoms with Crippen molar-refractivity contribution in [3.05, 3.63) is 30.0 Å². The van der Waals surface area contributed by atoms with E-state index in [9.17, 15) is 0 Å². The van der Waals surface area contributed by atoms with E-state index in [1.54, 1.807) is 0 Å². The minimum Gasteiger partial charge on any atom is -0.330 e. The number of benzene rings is 1. The zero-order chi connectivity index (χ0) is 13.2. The highest BCUT2D eigenvalue weighted by molar-refractivity contribution is 5.81. The van der Waals surface area contributed by atoms with Gasteiger partial charge in [-0.3, -0.25) is 9.58 Å². The third kappa shape index (κ3) is 2.65. The first-order chi connectivity index (χ1) is 9.29. The summed E-state index contributed by atoms with van der Waals surface area (Å²) in [4.78, 5) is 2.54. The average Bonchev–Trinajstić information content (AvgIpc) is 3.22. The van der Waals surface area contributed by atoms with E-state index in [-0.39, 0.29) is 0 Å². The van der Waals surface area contributed by atoms with Crippen LogP contribution < -0.4 is 5.73 Å². The number of hydrogen-bond acceptors (Lipinski definition) is 3. The van der Waals surface area contributed by atoms with Gasteiger partial charge in [-0.25, -0.2) is 0 Å². The van der Waals surface area contributed by atoms with E-state index in [0.29, 0.717) is 0 Å². The van der Waals surface area contributed by atoms with E-state index in [1.807, 2.05) is 11.7 Å². The molecule has 102 valence electrons. The molecule has 3 rings (SSSR count). The lowest BCUT2D eigenvalue weighted by Gasteiger charge is -2.20. The summed E-state index contributed by atoms with van der Waals surface area (Å²) in [6.07, 6.45) is 3.73. The van der Waals surface area contributed by atoms with Crippen LogP contribution in [-0.2, 0) is 13.6 Å². The van der Waals surface area contributed by atoms with Gasteiger partial charge in [0, 0.05) is 31.6 Å². The third-order valence-corrected chi connectivity index (χ3v) is 3.90. The van der Waals surface area contributed by atoms with Crippen LogP contribution in [0.3, 0.4) is 0 Å². The normalized spacial score (nSPS) is 15.5. The molecule has 1 aromatic carbocycles. The summed E-state index contributed by atoms with van der Waals surface area (Å²) in [5, 5.41) is 5.97. The van der Waals surface area contributed by atoms with Gasteiger partial charge in [-0.2, -0.15) is 5.10 Å². The lowest BCUT2D eigenvalue weighted by molar-refractivity contribution is 0.250. The van der Waals surface area contributed by atoms with Crippen molar-refractivity contribution in [3.63, 3.8) is 0 Å². The van der Waals surface area contributed by atoms with Crippen molar-refractivity contribution in [2.75, 3.05) is 13.1 Å². The van der Waals surface area contributed by atoms with Gasteiger partial charge in [-0.05, 0) is 31.9 Å². The molecule has 1 aromatic heterocycles. The topological polar surface area (TPSA) is 47.1 Å². The monoisotopic (exact) mass is 258 g/mol. The molecular weight excluding hydrogens is 236 g/mol. The van der Waals surface area contributed by atoms with Gasteiger partial charge in [0.15, 0.2) is 0 Å². The van der Waals surface area contributed by atoms with Crippen molar-refractivity contribution >= 4 is 10.9 Å². The number of aromatic nitrogens is 2. The summed E-state index contributed by atoms with van der Waals surface area (Å²) in [7, 11) is 2.02. The summed E-state index contributed by atoms with van der Waals surface area (Å²) in [5.41, 5.74) is 8.05. The van der Waals surface area contributed by atoms with Crippen LogP contribution in [0, 0.1) is 0 Å². The second-order valence-electron chi connectivity index (χ2n) is 5.43. The van der Waals surface area contributed by atoms with Crippen LogP contribution in [0.15, 0.2) is 24.3 Å². The molecule has 0 radical (unpaired) electrons. The van der Waals surface area contributed by atoms with E-state index in [1.165, 1.54) is 29.4 Å². The highest BCUT2D eigenvalue weighted by Gasteiger charge is 2.29. The number of para-hydroxylation sites is 1. The van der Waals surface area contributed by atoms with Crippen LogP contribution in [0.1, 0.15) is 25.0 Å². The molecule has 2 N–H and O–H groups in total. The Labute approximate surface area is 114 Å². The maximum atomic E-state index is 5.64. The molecule has 0 saturated heterocycles. The van der Waals surface area contributed by atoms with E-state index in [4.69, 9.17) is 10.8 Å². The maximum absolute atomic E-state index is 5.64. The smallest absolute Gasteiger partial charge is 0.0843 e. The Morgan fingerprint density at radius 2 is 2.16 bits per heavy atom. The molecule has 0 bridgehead atoms. The summed E-state index contributed by atoms with van der Waals surface area (Å²) in [5.74, 6) is 0. The minimum atomic E-state index is 0.757.